The van der Waals surface area contributed by atoms with E-state index in [0.29, 0.717) is 6.61 Å². The van der Waals surface area contributed by atoms with Crippen molar-refractivity contribution in [2.75, 3.05) is 20.3 Å². The number of ether oxygens (including phenoxy) is 1. The predicted molar refractivity (Wildman–Crippen MR) is 82.1 cm³/mol. The van der Waals surface area contributed by atoms with Crippen LogP contribution in [0.1, 0.15) is 51.3 Å². The number of hydrogen-bond donors (Lipinski definition) is 1. The molecule has 20 heavy (non-hydrogen) atoms. The molecule has 1 N–H and O–H groups in total. The van der Waals surface area contributed by atoms with Crippen molar-refractivity contribution in [3.8, 4) is 0 Å². The zero-order valence-electron chi connectivity index (χ0n) is 12.8. The van der Waals surface area contributed by atoms with Gasteiger partial charge in [-0.2, -0.15) is 5.10 Å². The molecule has 0 saturated heterocycles. The Balaban J connectivity index is 2.30. The molecule has 1 aromatic rings. The lowest BCUT2D eigenvalue weighted by Gasteiger charge is -2.35. The summed E-state index contributed by atoms with van der Waals surface area (Å²) in [7, 11) is 1.71. The van der Waals surface area contributed by atoms with Gasteiger partial charge in [-0.15, -0.1) is 0 Å². The van der Waals surface area contributed by atoms with Crippen LogP contribution in [0, 0.1) is 5.41 Å². The van der Waals surface area contributed by atoms with Crippen LogP contribution in [0.4, 0.5) is 0 Å². The number of aromatic nitrogens is 2. The molecule has 0 aliphatic heterocycles. The van der Waals surface area contributed by atoms with Crippen molar-refractivity contribution in [1.82, 2.24) is 15.1 Å². The molecule has 1 atom stereocenters. The molecule has 114 valence electrons. The Morgan fingerprint density at radius 3 is 2.80 bits per heavy atom. The summed E-state index contributed by atoms with van der Waals surface area (Å²) in [5.41, 5.74) is 1.39. The van der Waals surface area contributed by atoms with E-state index in [-0.39, 0.29) is 11.5 Å². The topological polar surface area (TPSA) is 39.1 Å². The molecule has 4 nitrogen and oxygen atoms in total. The van der Waals surface area contributed by atoms with Gasteiger partial charge in [-0.3, -0.25) is 4.68 Å². The summed E-state index contributed by atoms with van der Waals surface area (Å²) in [5, 5.41) is 8.83. The second-order valence-corrected chi connectivity index (χ2v) is 6.35. The fraction of sp³-hybridized carbons (Fsp3) is 0.800. The van der Waals surface area contributed by atoms with Gasteiger partial charge in [0, 0.05) is 7.11 Å². The molecule has 0 spiro atoms. The minimum Gasteiger partial charge on any atom is -0.383 e. The monoisotopic (exact) mass is 299 g/mol. The normalized spacial score (nSPS) is 19.4. The molecule has 1 aliphatic rings. The van der Waals surface area contributed by atoms with E-state index in [1.165, 1.54) is 25.7 Å². The van der Waals surface area contributed by atoms with E-state index in [9.17, 15) is 0 Å². The number of hydrogen-bond acceptors (Lipinski definition) is 3. The van der Waals surface area contributed by atoms with Crippen LogP contribution in [0.2, 0.25) is 5.02 Å². The van der Waals surface area contributed by atoms with E-state index in [4.69, 9.17) is 16.3 Å². The van der Waals surface area contributed by atoms with Crippen molar-refractivity contribution in [2.45, 2.75) is 52.1 Å². The van der Waals surface area contributed by atoms with Gasteiger partial charge in [0.05, 0.1) is 36.1 Å². The highest BCUT2D eigenvalue weighted by Gasteiger charge is 2.40. The molecule has 1 unspecified atom stereocenters. The fourth-order valence-corrected chi connectivity index (χ4v) is 3.61. The SMILES string of the molecule is CCNC(c1c(Cl)cnn1CCOC)C1(C)CCCC1. The van der Waals surface area contributed by atoms with Crippen LogP contribution in [0.25, 0.3) is 0 Å². The van der Waals surface area contributed by atoms with Crippen LogP contribution in [-0.2, 0) is 11.3 Å². The van der Waals surface area contributed by atoms with Crippen LogP contribution in [0.5, 0.6) is 0 Å². The van der Waals surface area contributed by atoms with Gasteiger partial charge in [-0.05, 0) is 24.8 Å². The summed E-state index contributed by atoms with van der Waals surface area (Å²) in [4.78, 5) is 0. The van der Waals surface area contributed by atoms with Gasteiger partial charge in [0.15, 0.2) is 0 Å². The minimum atomic E-state index is 0.266. The Hall–Kier alpha value is -0.580. The molecule has 0 radical (unpaired) electrons. The Kier molecular flexibility index (Phi) is 5.47. The third-order valence-corrected chi connectivity index (χ3v) is 4.76. The highest BCUT2D eigenvalue weighted by Crippen LogP contribution is 2.48. The van der Waals surface area contributed by atoms with Gasteiger partial charge in [-0.1, -0.05) is 38.3 Å². The van der Waals surface area contributed by atoms with Gasteiger partial charge < -0.3 is 10.1 Å². The van der Waals surface area contributed by atoms with Crippen LogP contribution >= 0.6 is 11.6 Å². The van der Waals surface area contributed by atoms with Crippen molar-refractivity contribution in [1.29, 1.82) is 0 Å². The Labute approximate surface area is 126 Å². The van der Waals surface area contributed by atoms with Crippen LogP contribution < -0.4 is 5.32 Å². The number of methoxy groups -OCH3 is 1. The van der Waals surface area contributed by atoms with E-state index >= 15 is 0 Å². The molecule has 0 aromatic carbocycles. The summed E-state index contributed by atoms with van der Waals surface area (Å²) in [6.45, 7) is 6.86. The van der Waals surface area contributed by atoms with E-state index < -0.39 is 0 Å². The molecule has 1 aliphatic carbocycles. The molecule has 0 bridgehead atoms. The summed E-state index contributed by atoms with van der Waals surface area (Å²) in [5.74, 6) is 0. The summed E-state index contributed by atoms with van der Waals surface area (Å²) < 4.78 is 7.18. The smallest absolute Gasteiger partial charge is 0.0834 e. The van der Waals surface area contributed by atoms with Gasteiger partial charge in [-0.25, -0.2) is 0 Å². The highest BCUT2D eigenvalue weighted by atomic mass is 35.5. The van der Waals surface area contributed by atoms with Gasteiger partial charge in [0.25, 0.3) is 0 Å². The first-order valence-electron chi connectivity index (χ1n) is 7.56. The first-order valence-corrected chi connectivity index (χ1v) is 7.93. The Morgan fingerprint density at radius 2 is 2.20 bits per heavy atom. The lowest BCUT2D eigenvalue weighted by molar-refractivity contribution is 0.174. The molecular formula is C15H26ClN3O. The first kappa shape index (κ1) is 15.8. The standard InChI is InChI=1S/C15H26ClN3O/c1-4-17-14(15(2)7-5-6-8-15)13-12(16)11-18-19(13)9-10-20-3/h11,14,17H,4-10H2,1-3H3. The average molecular weight is 300 g/mol. The molecule has 2 rings (SSSR count). The van der Waals surface area contributed by atoms with Crippen molar-refractivity contribution in [3.05, 3.63) is 16.9 Å². The van der Waals surface area contributed by atoms with Gasteiger partial charge >= 0.3 is 0 Å². The molecule has 1 fully saturated rings. The molecule has 0 amide bonds. The third-order valence-electron chi connectivity index (χ3n) is 4.46. The van der Waals surface area contributed by atoms with Crippen molar-refractivity contribution < 1.29 is 4.74 Å². The van der Waals surface area contributed by atoms with Crippen molar-refractivity contribution in [2.24, 2.45) is 5.41 Å². The van der Waals surface area contributed by atoms with Crippen molar-refractivity contribution in [3.63, 3.8) is 0 Å². The Bertz CT molecular complexity index is 427. The van der Waals surface area contributed by atoms with Crippen molar-refractivity contribution >= 4 is 11.6 Å². The maximum Gasteiger partial charge on any atom is 0.0834 e. The predicted octanol–water partition coefficient (Wildman–Crippen LogP) is 3.41. The minimum absolute atomic E-state index is 0.266. The molecular weight excluding hydrogens is 274 g/mol. The van der Waals surface area contributed by atoms with Crippen LogP contribution in [0.3, 0.4) is 0 Å². The fourth-order valence-electron chi connectivity index (χ4n) is 3.36. The number of halogens is 1. The van der Waals surface area contributed by atoms with Crippen LogP contribution in [0.15, 0.2) is 6.20 Å². The molecule has 1 saturated carbocycles. The Morgan fingerprint density at radius 1 is 1.50 bits per heavy atom. The second kappa shape index (κ2) is 6.92. The maximum atomic E-state index is 6.43. The summed E-state index contributed by atoms with van der Waals surface area (Å²) in [6.07, 6.45) is 6.87. The zero-order valence-corrected chi connectivity index (χ0v) is 13.5. The van der Waals surface area contributed by atoms with Crippen LogP contribution in [-0.4, -0.2) is 30.0 Å². The maximum absolute atomic E-state index is 6.43. The van der Waals surface area contributed by atoms with E-state index in [0.717, 1.165) is 23.8 Å². The largest absolute Gasteiger partial charge is 0.383 e. The molecule has 1 heterocycles. The molecule has 1 aromatic heterocycles. The number of nitrogens with one attached hydrogen (secondary N) is 1. The van der Waals surface area contributed by atoms with Gasteiger partial charge in [0.2, 0.25) is 0 Å². The summed E-state index contributed by atoms with van der Waals surface area (Å²) >= 11 is 6.43. The zero-order chi connectivity index (χ0) is 14.6. The van der Waals surface area contributed by atoms with E-state index in [1.54, 1.807) is 13.3 Å². The van der Waals surface area contributed by atoms with Gasteiger partial charge in [0.1, 0.15) is 0 Å². The second-order valence-electron chi connectivity index (χ2n) is 5.95. The number of rotatable bonds is 7. The van der Waals surface area contributed by atoms with E-state index in [1.807, 2.05) is 4.68 Å². The average Bonchev–Trinajstić information content (AvgIpc) is 3.02. The quantitative estimate of drug-likeness (QED) is 0.838. The first-order chi connectivity index (χ1) is 9.62. The highest BCUT2D eigenvalue weighted by molar-refractivity contribution is 6.31. The third kappa shape index (κ3) is 3.18. The lowest BCUT2D eigenvalue weighted by Crippen LogP contribution is -2.36. The lowest BCUT2D eigenvalue weighted by atomic mass is 9.79. The summed E-state index contributed by atoms with van der Waals surface area (Å²) in [6, 6.07) is 0.266. The van der Waals surface area contributed by atoms with E-state index in [2.05, 4.69) is 24.3 Å². The number of nitrogens with zero attached hydrogens (tertiary/aromatic N) is 2. The molecule has 5 heteroatoms.